The molecule has 168 valence electrons. The van der Waals surface area contributed by atoms with E-state index in [1.165, 1.54) is 12.1 Å². The van der Waals surface area contributed by atoms with Crippen molar-refractivity contribution in [1.29, 1.82) is 0 Å². The largest absolute Gasteiger partial charge is 0.381 e. The van der Waals surface area contributed by atoms with Gasteiger partial charge in [0.25, 0.3) is 0 Å². The number of ether oxygens (including phenoxy) is 1. The Kier molecular flexibility index (Phi) is 5.96. The van der Waals surface area contributed by atoms with Crippen LogP contribution in [0.5, 0.6) is 0 Å². The number of carbonyl (C=O) groups is 1. The summed E-state index contributed by atoms with van der Waals surface area (Å²) in [6, 6.07) is 10.8. The summed E-state index contributed by atoms with van der Waals surface area (Å²) >= 11 is 0. The quantitative estimate of drug-likeness (QED) is 0.611. The molecule has 0 bridgehead atoms. The minimum atomic E-state index is -0.681. The number of fused-ring (bicyclic) bond motifs is 1. The van der Waals surface area contributed by atoms with E-state index in [0.29, 0.717) is 32.0 Å². The van der Waals surface area contributed by atoms with Crippen molar-refractivity contribution in [1.82, 2.24) is 14.3 Å². The zero-order chi connectivity index (χ0) is 22.0. The number of rotatable bonds is 4. The Morgan fingerprint density at radius 1 is 1.12 bits per heavy atom. The van der Waals surface area contributed by atoms with Crippen LogP contribution < -0.4 is 0 Å². The highest BCUT2D eigenvalue weighted by Crippen LogP contribution is 2.38. The summed E-state index contributed by atoms with van der Waals surface area (Å²) in [6.45, 7) is 2.57. The number of amides is 1. The molecule has 2 aromatic heterocycles. The Bertz CT molecular complexity index is 1090. The first-order valence-corrected chi connectivity index (χ1v) is 11.7. The summed E-state index contributed by atoms with van der Waals surface area (Å²) in [4.78, 5) is 20.5. The van der Waals surface area contributed by atoms with Gasteiger partial charge in [0.15, 0.2) is 0 Å². The molecular weight excluding hydrogens is 405 g/mol. The first kappa shape index (κ1) is 21.1. The molecule has 2 aliphatic heterocycles. The first-order valence-electron chi connectivity index (χ1n) is 11.7. The summed E-state index contributed by atoms with van der Waals surface area (Å²) in [7, 11) is 0. The van der Waals surface area contributed by atoms with Crippen LogP contribution in [0.1, 0.15) is 43.4 Å². The van der Waals surface area contributed by atoms with Crippen LogP contribution in [-0.2, 0) is 21.4 Å². The molecule has 1 amide bonds. The van der Waals surface area contributed by atoms with Crippen LogP contribution in [0.15, 0.2) is 55.0 Å². The maximum atomic E-state index is 14.0. The van der Waals surface area contributed by atoms with Gasteiger partial charge in [-0.1, -0.05) is 12.1 Å². The van der Waals surface area contributed by atoms with Crippen molar-refractivity contribution in [3.63, 3.8) is 0 Å². The predicted molar refractivity (Wildman–Crippen MR) is 121 cm³/mol. The summed E-state index contributed by atoms with van der Waals surface area (Å²) in [5.41, 5.74) is 2.40. The molecule has 0 radical (unpaired) electrons. The molecule has 1 aromatic carbocycles. The molecule has 2 aliphatic rings. The van der Waals surface area contributed by atoms with Crippen LogP contribution >= 0.6 is 0 Å². The molecule has 5 rings (SSSR count). The molecule has 2 saturated heterocycles. The lowest BCUT2D eigenvalue weighted by atomic mass is 9.73. The van der Waals surface area contributed by atoms with E-state index >= 15 is 0 Å². The van der Waals surface area contributed by atoms with Gasteiger partial charge in [-0.3, -0.25) is 9.78 Å². The van der Waals surface area contributed by atoms with E-state index in [9.17, 15) is 9.18 Å². The van der Waals surface area contributed by atoms with E-state index in [1.807, 2.05) is 35.6 Å². The number of nitrogens with zero attached hydrogens (tertiary/aromatic N) is 3. The highest BCUT2D eigenvalue weighted by atomic mass is 19.1. The minimum absolute atomic E-state index is 0.138. The summed E-state index contributed by atoms with van der Waals surface area (Å²) in [5.74, 6) is 0.351. The summed E-state index contributed by atoms with van der Waals surface area (Å²) in [6.07, 6.45) is 11.1. The van der Waals surface area contributed by atoms with Crippen molar-refractivity contribution in [3.05, 3.63) is 72.1 Å². The molecule has 3 aromatic rings. The molecular formula is C26H30FN3O2. The third-order valence-corrected chi connectivity index (χ3v) is 7.28. The molecule has 0 spiro atoms. The lowest BCUT2D eigenvalue weighted by Crippen LogP contribution is -2.50. The van der Waals surface area contributed by atoms with E-state index in [0.717, 1.165) is 55.5 Å². The van der Waals surface area contributed by atoms with Gasteiger partial charge in [-0.05, 0) is 74.3 Å². The van der Waals surface area contributed by atoms with E-state index in [4.69, 9.17) is 4.74 Å². The van der Waals surface area contributed by atoms with Crippen LogP contribution in [-0.4, -0.2) is 46.5 Å². The van der Waals surface area contributed by atoms with Crippen molar-refractivity contribution in [2.75, 3.05) is 26.3 Å². The van der Waals surface area contributed by atoms with Crippen molar-refractivity contribution >= 4 is 11.4 Å². The molecule has 0 unspecified atom stereocenters. The van der Waals surface area contributed by atoms with Crippen LogP contribution in [0.2, 0.25) is 0 Å². The molecule has 1 atom stereocenters. The Labute approximate surface area is 188 Å². The van der Waals surface area contributed by atoms with Crippen molar-refractivity contribution in [2.24, 2.45) is 5.92 Å². The number of hydrogen-bond acceptors (Lipinski definition) is 3. The van der Waals surface area contributed by atoms with E-state index in [2.05, 4.69) is 15.5 Å². The van der Waals surface area contributed by atoms with Crippen molar-refractivity contribution < 1.29 is 13.9 Å². The van der Waals surface area contributed by atoms with Gasteiger partial charge >= 0.3 is 0 Å². The molecule has 32 heavy (non-hydrogen) atoms. The van der Waals surface area contributed by atoms with Gasteiger partial charge in [-0.25, -0.2) is 4.39 Å². The SMILES string of the molecule is O=C(N1CCC[C@H](Cc2nccn3cccc23)CC1)C1(c2cccc(F)c2)CCOCC1. The Morgan fingerprint density at radius 3 is 2.84 bits per heavy atom. The minimum Gasteiger partial charge on any atom is -0.381 e. The van der Waals surface area contributed by atoms with E-state index in [1.54, 1.807) is 6.07 Å². The van der Waals surface area contributed by atoms with Gasteiger partial charge in [-0.2, -0.15) is 0 Å². The maximum absolute atomic E-state index is 14.0. The lowest BCUT2D eigenvalue weighted by molar-refractivity contribution is -0.141. The zero-order valence-electron chi connectivity index (χ0n) is 18.4. The predicted octanol–water partition coefficient (Wildman–Crippen LogP) is 4.39. The number of halogens is 1. The second-order valence-electron chi connectivity index (χ2n) is 9.17. The third kappa shape index (κ3) is 4.04. The van der Waals surface area contributed by atoms with Crippen molar-refractivity contribution in [3.8, 4) is 0 Å². The average Bonchev–Trinajstić information content (AvgIpc) is 3.19. The fourth-order valence-electron chi connectivity index (χ4n) is 5.47. The molecule has 0 aliphatic carbocycles. The third-order valence-electron chi connectivity index (χ3n) is 7.28. The number of carbonyl (C=O) groups excluding carboxylic acids is 1. The van der Waals surface area contributed by atoms with Gasteiger partial charge in [0.1, 0.15) is 5.82 Å². The van der Waals surface area contributed by atoms with Gasteiger partial charge < -0.3 is 14.0 Å². The average molecular weight is 436 g/mol. The van der Waals surface area contributed by atoms with Crippen LogP contribution in [0.4, 0.5) is 4.39 Å². The monoisotopic (exact) mass is 435 g/mol. The molecule has 2 fully saturated rings. The molecule has 4 heterocycles. The zero-order valence-corrected chi connectivity index (χ0v) is 18.4. The van der Waals surface area contributed by atoms with Crippen LogP contribution in [0.3, 0.4) is 0 Å². The van der Waals surface area contributed by atoms with E-state index in [-0.39, 0.29) is 11.7 Å². The van der Waals surface area contributed by atoms with E-state index < -0.39 is 5.41 Å². The van der Waals surface area contributed by atoms with Crippen LogP contribution in [0, 0.1) is 11.7 Å². The number of hydrogen-bond donors (Lipinski definition) is 0. The Hall–Kier alpha value is -2.73. The molecule has 0 N–H and O–H groups in total. The first-order chi connectivity index (χ1) is 15.7. The fourth-order valence-corrected chi connectivity index (χ4v) is 5.47. The molecule has 6 heteroatoms. The summed E-state index contributed by atoms with van der Waals surface area (Å²) < 4.78 is 21.7. The highest BCUT2D eigenvalue weighted by molar-refractivity contribution is 5.88. The lowest BCUT2D eigenvalue weighted by Gasteiger charge is -2.40. The Morgan fingerprint density at radius 2 is 2.00 bits per heavy atom. The Balaban J connectivity index is 1.32. The molecule has 5 nitrogen and oxygen atoms in total. The second-order valence-corrected chi connectivity index (χ2v) is 9.17. The standard InChI is InChI=1S/C26H30FN3O2/c27-22-6-1-5-21(19-22)26(9-16-32-17-10-26)25(31)30-13-2-4-20(8-14-30)18-23-24-7-3-12-29(24)15-11-28-23/h1,3,5-7,11-12,15,19-20H,2,4,8-10,13-14,16-18H2/t20-/m0/s1. The number of aromatic nitrogens is 2. The van der Waals surface area contributed by atoms with Gasteiger partial charge in [0.2, 0.25) is 5.91 Å². The maximum Gasteiger partial charge on any atom is 0.233 e. The highest BCUT2D eigenvalue weighted by Gasteiger charge is 2.44. The van der Waals surface area contributed by atoms with Gasteiger partial charge in [0, 0.05) is 44.9 Å². The number of likely N-dealkylation sites (tertiary alicyclic amines) is 1. The van der Waals surface area contributed by atoms with Crippen LogP contribution in [0.25, 0.3) is 5.52 Å². The smallest absolute Gasteiger partial charge is 0.233 e. The topological polar surface area (TPSA) is 46.8 Å². The second kappa shape index (κ2) is 9.02. The number of benzene rings is 1. The summed E-state index contributed by atoms with van der Waals surface area (Å²) in [5, 5.41) is 0. The van der Waals surface area contributed by atoms with Crippen molar-refractivity contribution in [2.45, 2.75) is 43.9 Å². The fraction of sp³-hybridized carbons (Fsp3) is 0.462. The van der Waals surface area contributed by atoms with Gasteiger partial charge in [0.05, 0.1) is 16.6 Å². The van der Waals surface area contributed by atoms with Gasteiger partial charge in [-0.15, -0.1) is 0 Å². The normalized spacial score (nSPS) is 21.4. The molecule has 0 saturated carbocycles.